The largest absolute Gasteiger partial charge is 0.461 e. The van der Waals surface area contributed by atoms with Gasteiger partial charge in [0.2, 0.25) is 5.95 Å². The standard InChI is InChI=1S/C19H17N3O2/c1-2-24-18(23)17-12-16(21-19(20)22-17)15-10-8-14(9-11-15)13-6-4-3-5-7-13/h3-12H,2H2,1H3,(H2,20,21,22). The molecule has 0 spiro atoms. The van der Waals surface area contributed by atoms with Crippen LogP contribution in [0.2, 0.25) is 0 Å². The molecule has 0 amide bonds. The molecule has 0 unspecified atom stereocenters. The number of hydrogen-bond donors (Lipinski definition) is 1. The van der Waals surface area contributed by atoms with Crippen LogP contribution in [-0.2, 0) is 4.74 Å². The number of nitrogens with zero attached hydrogens (tertiary/aromatic N) is 2. The number of nitrogens with two attached hydrogens (primary N) is 1. The number of carbonyl (C=O) groups excluding carboxylic acids is 1. The molecule has 3 rings (SSSR count). The smallest absolute Gasteiger partial charge is 0.357 e. The van der Waals surface area contributed by atoms with Crippen LogP contribution in [0.25, 0.3) is 22.4 Å². The number of rotatable bonds is 4. The second-order valence-electron chi connectivity index (χ2n) is 5.16. The van der Waals surface area contributed by atoms with E-state index in [9.17, 15) is 4.79 Å². The van der Waals surface area contributed by atoms with Gasteiger partial charge in [0.05, 0.1) is 12.3 Å². The molecule has 0 fully saturated rings. The molecule has 0 radical (unpaired) electrons. The summed E-state index contributed by atoms with van der Waals surface area (Å²) in [4.78, 5) is 20.0. The number of aromatic nitrogens is 2. The number of esters is 1. The van der Waals surface area contributed by atoms with Crippen LogP contribution in [0.15, 0.2) is 60.7 Å². The van der Waals surface area contributed by atoms with Crippen LogP contribution in [-0.4, -0.2) is 22.5 Å². The third-order valence-electron chi connectivity index (χ3n) is 3.52. The summed E-state index contributed by atoms with van der Waals surface area (Å²) in [7, 11) is 0. The molecule has 0 atom stereocenters. The van der Waals surface area contributed by atoms with Crippen LogP contribution in [0.1, 0.15) is 17.4 Å². The number of nitrogen functional groups attached to an aromatic ring is 1. The fourth-order valence-corrected chi connectivity index (χ4v) is 2.39. The van der Waals surface area contributed by atoms with Gasteiger partial charge in [0.1, 0.15) is 0 Å². The van der Waals surface area contributed by atoms with Gasteiger partial charge in [-0.15, -0.1) is 0 Å². The molecule has 0 saturated heterocycles. The Labute approximate surface area is 140 Å². The third kappa shape index (κ3) is 3.41. The van der Waals surface area contributed by atoms with Crippen molar-refractivity contribution in [3.8, 4) is 22.4 Å². The monoisotopic (exact) mass is 319 g/mol. The number of hydrogen-bond acceptors (Lipinski definition) is 5. The minimum absolute atomic E-state index is 0.0442. The zero-order valence-corrected chi connectivity index (χ0v) is 13.3. The number of benzene rings is 2. The molecular weight excluding hydrogens is 302 g/mol. The van der Waals surface area contributed by atoms with Gasteiger partial charge in [-0.3, -0.25) is 0 Å². The van der Waals surface area contributed by atoms with Crippen molar-refractivity contribution in [3.63, 3.8) is 0 Å². The van der Waals surface area contributed by atoms with Gasteiger partial charge in [0.15, 0.2) is 5.69 Å². The Balaban J connectivity index is 1.93. The second-order valence-corrected chi connectivity index (χ2v) is 5.16. The molecule has 1 heterocycles. The summed E-state index contributed by atoms with van der Waals surface area (Å²) in [6.45, 7) is 2.02. The Kier molecular flexibility index (Phi) is 4.52. The fourth-order valence-electron chi connectivity index (χ4n) is 2.39. The average Bonchev–Trinajstić information content (AvgIpc) is 2.62. The van der Waals surface area contributed by atoms with Crippen molar-refractivity contribution >= 4 is 11.9 Å². The summed E-state index contributed by atoms with van der Waals surface area (Å²) in [5.74, 6) is -0.462. The molecule has 24 heavy (non-hydrogen) atoms. The lowest BCUT2D eigenvalue weighted by molar-refractivity contribution is 0.0519. The van der Waals surface area contributed by atoms with Crippen molar-refractivity contribution in [3.05, 3.63) is 66.4 Å². The lowest BCUT2D eigenvalue weighted by Crippen LogP contribution is -2.10. The molecule has 0 aliphatic rings. The zero-order chi connectivity index (χ0) is 16.9. The molecule has 0 aliphatic carbocycles. The molecule has 0 saturated carbocycles. The fraction of sp³-hybridized carbons (Fsp3) is 0.105. The quantitative estimate of drug-likeness (QED) is 0.744. The summed E-state index contributed by atoms with van der Waals surface area (Å²) >= 11 is 0. The number of ether oxygens (including phenoxy) is 1. The highest BCUT2D eigenvalue weighted by molar-refractivity contribution is 5.89. The summed E-state index contributed by atoms with van der Waals surface area (Å²) in [5.41, 5.74) is 9.57. The van der Waals surface area contributed by atoms with Gasteiger partial charge in [0.25, 0.3) is 0 Å². The predicted molar refractivity (Wildman–Crippen MR) is 93.3 cm³/mol. The van der Waals surface area contributed by atoms with Crippen molar-refractivity contribution < 1.29 is 9.53 Å². The molecule has 5 heteroatoms. The number of anilines is 1. The van der Waals surface area contributed by atoms with Gasteiger partial charge >= 0.3 is 5.97 Å². The maximum atomic E-state index is 11.9. The molecule has 0 aliphatic heterocycles. The molecule has 2 aromatic carbocycles. The summed E-state index contributed by atoms with van der Waals surface area (Å²) < 4.78 is 4.97. The normalized spacial score (nSPS) is 10.4. The molecular formula is C19H17N3O2. The van der Waals surface area contributed by atoms with Crippen LogP contribution in [0.5, 0.6) is 0 Å². The van der Waals surface area contributed by atoms with E-state index >= 15 is 0 Å². The van der Waals surface area contributed by atoms with E-state index in [1.54, 1.807) is 13.0 Å². The third-order valence-corrected chi connectivity index (χ3v) is 3.52. The van der Waals surface area contributed by atoms with Gasteiger partial charge in [-0.25, -0.2) is 14.8 Å². The van der Waals surface area contributed by atoms with E-state index < -0.39 is 5.97 Å². The zero-order valence-electron chi connectivity index (χ0n) is 13.3. The van der Waals surface area contributed by atoms with Crippen LogP contribution >= 0.6 is 0 Å². The van der Waals surface area contributed by atoms with Crippen molar-refractivity contribution in [2.45, 2.75) is 6.92 Å². The van der Waals surface area contributed by atoms with Crippen LogP contribution in [0, 0.1) is 0 Å². The Morgan fingerprint density at radius 2 is 1.58 bits per heavy atom. The van der Waals surface area contributed by atoms with Gasteiger partial charge in [0, 0.05) is 5.56 Å². The lowest BCUT2D eigenvalue weighted by Gasteiger charge is -2.07. The molecule has 1 aromatic heterocycles. The van der Waals surface area contributed by atoms with Gasteiger partial charge < -0.3 is 10.5 Å². The first kappa shape index (κ1) is 15.7. The van der Waals surface area contributed by atoms with Gasteiger partial charge in [-0.2, -0.15) is 0 Å². The van der Waals surface area contributed by atoms with Crippen molar-refractivity contribution in [2.24, 2.45) is 0 Å². The van der Waals surface area contributed by atoms with Crippen LogP contribution in [0.4, 0.5) is 5.95 Å². The lowest BCUT2D eigenvalue weighted by atomic mass is 10.0. The topological polar surface area (TPSA) is 78.1 Å². The van der Waals surface area contributed by atoms with Crippen molar-refractivity contribution in [1.82, 2.24) is 9.97 Å². The van der Waals surface area contributed by atoms with E-state index in [2.05, 4.69) is 22.1 Å². The van der Waals surface area contributed by atoms with Crippen LogP contribution in [0.3, 0.4) is 0 Å². The maximum Gasteiger partial charge on any atom is 0.357 e. The molecule has 2 N–H and O–H groups in total. The summed E-state index contributed by atoms with van der Waals surface area (Å²) in [5, 5.41) is 0. The highest BCUT2D eigenvalue weighted by Gasteiger charge is 2.12. The van der Waals surface area contributed by atoms with Gasteiger partial charge in [-0.1, -0.05) is 54.6 Å². The molecule has 5 nitrogen and oxygen atoms in total. The first-order valence-corrected chi connectivity index (χ1v) is 7.65. The first-order valence-electron chi connectivity index (χ1n) is 7.65. The maximum absolute atomic E-state index is 11.9. The Morgan fingerprint density at radius 1 is 0.958 bits per heavy atom. The van der Waals surface area contributed by atoms with Crippen molar-refractivity contribution in [1.29, 1.82) is 0 Å². The van der Waals surface area contributed by atoms with Gasteiger partial charge in [-0.05, 0) is 24.1 Å². The Bertz CT molecular complexity index is 846. The van der Waals surface area contributed by atoms with Crippen molar-refractivity contribution in [2.75, 3.05) is 12.3 Å². The molecule has 120 valence electrons. The summed E-state index contributed by atoms with van der Waals surface area (Å²) in [6.07, 6.45) is 0. The highest BCUT2D eigenvalue weighted by Crippen LogP contribution is 2.24. The predicted octanol–water partition coefficient (Wildman–Crippen LogP) is 3.57. The first-order chi connectivity index (χ1) is 11.7. The summed E-state index contributed by atoms with van der Waals surface area (Å²) in [6, 6.07) is 19.6. The number of carbonyl (C=O) groups is 1. The SMILES string of the molecule is CCOC(=O)c1cc(-c2ccc(-c3ccccc3)cc2)nc(N)n1. The van der Waals surface area contributed by atoms with E-state index in [0.29, 0.717) is 5.69 Å². The van der Waals surface area contributed by atoms with E-state index in [0.717, 1.165) is 16.7 Å². The molecule has 0 bridgehead atoms. The van der Waals surface area contributed by atoms with Crippen LogP contribution < -0.4 is 5.73 Å². The molecule has 3 aromatic rings. The van der Waals surface area contributed by atoms with E-state index in [1.807, 2.05) is 42.5 Å². The minimum atomic E-state index is -0.506. The van der Waals surface area contributed by atoms with E-state index in [1.165, 1.54) is 0 Å². The second kappa shape index (κ2) is 6.91. The highest BCUT2D eigenvalue weighted by atomic mass is 16.5. The average molecular weight is 319 g/mol. The van der Waals surface area contributed by atoms with E-state index in [-0.39, 0.29) is 18.2 Å². The minimum Gasteiger partial charge on any atom is -0.461 e. The Hall–Kier alpha value is -3.21. The van der Waals surface area contributed by atoms with E-state index in [4.69, 9.17) is 10.5 Å². The Morgan fingerprint density at radius 3 is 2.25 bits per heavy atom.